The van der Waals surface area contributed by atoms with Gasteiger partial charge in [0.05, 0.1) is 58.5 Å². The third-order valence-electron chi connectivity index (χ3n) is 15.1. The van der Waals surface area contributed by atoms with E-state index in [1.54, 1.807) is 29.1 Å². The molecule has 8 aromatic heterocycles. The quantitative estimate of drug-likeness (QED) is 0.107. The van der Waals surface area contributed by atoms with Gasteiger partial charge in [0.15, 0.2) is 0 Å². The van der Waals surface area contributed by atoms with E-state index >= 15 is 4.39 Å². The summed E-state index contributed by atoms with van der Waals surface area (Å²) in [5, 5.41) is 6.57. The highest BCUT2D eigenvalue weighted by molar-refractivity contribution is 6.32. The lowest BCUT2D eigenvalue weighted by molar-refractivity contribution is 0.306. The first kappa shape index (κ1) is 53.4. The molecule has 16 rings (SSSR count). The molecule has 0 atom stereocenters. The Bertz CT molecular complexity index is 5120. The van der Waals surface area contributed by atoms with Crippen molar-refractivity contribution < 1.29 is 36.6 Å². The standard InChI is InChI=1S/C33H21ClFN3O4.C17H13Cl2NO.C16H9FN2O3/c34-31-20(13-19-8-9-21(14-25(19)37-31)41-17-18-5-2-1-3-6-18)16-38-26-15-24(35)22-10-12-40-30(22)28(26)27-23-7-4-11-36-32(23)42-33(39)29(27)38;18-10-14-8-13-6-7-15(9-16(13)20-17(14)19)21-11-12-4-2-1-3-5-12;17-9-6-10-12(14-7(9)3-5-21-14)11-8-2-1-4-18-15(8)22-16(20)13(11)19-10/h1-9,11,13-15H,10,12,16-17H2;1-9H,10-11H2;1-2,4,6,19H,3,5H2. The predicted octanol–water partition coefficient (Wildman–Crippen LogP) is 15.3. The summed E-state index contributed by atoms with van der Waals surface area (Å²) in [5.74, 6) is 2.07. The van der Waals surface area contributed by atoms with Crippen LogP contribution in [0.3, 0.4) is 0 Å². The topological polar surface area (TPSA) is 170 Å². The van der Waals surface area contributed by atoms with Crippen molar-refractivity contribution >= 4 is 122 Å². The van der Waals surface area contributed by atoms with Crippen LogP contribution in [-0.2, 0) is 38.5 Å². The number of benzene rings is 6. The highest BCUT2D eigenvalue weighted by Gasteiger charge is 2.29. The maximum Gasteiger partial charge on any atom is 0.362 e. The van der Waals surface area contributed by atoms with Gasteiger partial charge in [0, 0.05) is 91.9 Å². The summed E-state index contributed by atoms with van der Waals surface area (Å²) >= 11 is 18.7. The normalized spacial score (nSPS) is 12.6. The zero-order valence-corrected chi connectivity index (χ0v) is 46.8. The van der Waals surface area contributed by atoms with E-state index in [-0.39, 0.29) is 40.3 Å². The largest absolute Gasteiger partial charge is 0.492 e. The van der Waals surface area contributed by atoms with Crippen molar-refractivity contribution in [2.24, 2.45) is 0 Å². The van der Waals surface area contributed by atoms with Gasteiger partial charge in [-0.25, -0.2) is 38.3 Å². The van der Waals surface area contributed by atoms with E-state index in [0.717, 1.165) is 44.1 Å². The number of aromatic amines is 1. The first-order valence-corrected chi connectivity index (χ1v) is 28.3. The van der Waals surface area contributed by atoms with Crippen LogP contribution >= 0.6 is 34.8 Å². The number of nitrogens with zero attached hydrogens (tertiary/aromatic N) is 5. The Balaban J connectivity index is 0.000000125. The van der Waals surface area contributed by atoms with E-state index in [0.29, 0.717) is 133 Å². The van der Waals surface area contributed by atoms with Crippen LogP contribution in [0.5, 0.6) is 23.0 Å². The molecule has 1 N–H and O–H groups in total. The third kappa shape index (κ3) is 9.90. The monoisotopic (exact) mass is 1190 g/mol. The van der Waals surface area contributed by atoms with Crippen molar-refractivity contribution in [3.05, 3.63) is 234 Å². The minimum Gasteiger partial charge on any atom is -0.492 e. The maximum atomic E-state index is 15.3. The summed E-state index contributed by atoms with van der Waals surface area (Å²) in [6.45, 7) is 1.92. The van der Waals surface area contributed by atoms with Gasteiger partial charge in [-0.3, -0.25) is 0 Å². The average molecular weight is 1190 g/mol. The first-order chi connectivity index (χ1) is 41.5. The molecule has 6 aromatic carbocycles. The van der Waals surface area contributed by atoms with Crippen molar-refractivity contribution in [3.63, 3.8) is 0 Å². The van der Waals surface area contributed by atoms with Crippen molar-refractivity contribution in [2.75, 3.05) is 13.2 Å². The number of pyridine rings is 4. The first-order valence-electron chi connectivity index (χ1n) is 27.0. The van der Waals surface area contributed by atoms with Gasteiger partial charge < -0.3 is 37.3 Å². The number of hydrogen-bond donors (Lipinski definition) is 1. The van der Waals surface area contributed by atoms with Gasteiger partial charge in [0.1, 0.15) is 69.2 Å². The Morgan fingerprint density at radius 2 is 1.12 bits per heavy atom. The predicted molar refractivity (Wildman–Crippen MR) is 325 cm³/mol. The Labute approximate surface area is 494 Å². The average Bonchev–Trinajstić information content (AvgIpc) is 1.66. The maximum absolute atomic E-state index is 15.3. The molecule has 85 heavy (non-hydrogen) atoms. The lowest BCUT2D eigenvalue weighted by Gasteiger charge is -2.12. The molecule has 14 aromatic rings. The second kappa shape index (κ2) is 22.2. The molecule has 10 heterocycles. The van der Waals surface area contributed by atoms with E-state index in [9.17, 15) is 14.0 Å². The zero-order valence-electron chi connectivity index (χ0n) is 44.6. The Morgan fingerprint density at radius 1 is 0.576 bits per heavy atom. The van der Waals surface area contributed by atoms with Crippen LogP contribution in [0.15, 0.2) is 176 Å². The number of ether oxygens (including phenoxy) is 4. The van der Waals surface area contributed by atoms with E-state index in [2.05, 4.69) is 24.9 Å². The van der Waals surface area contributed by atoms with Gasteiger partial charge in [-0.1, -0.05) is 83.9 Å². The SMILES string of the molecule is ClCc1cc2ccc(OCc3ccccc3)cc2nc1Cl.O=c1oc2ncccc2c2c1[nH]c1cc(F)c3c(c12)OCC3.O=c1oc2ncccc2c2c3c4c(c(F)cc3n(Cc3cc5ccc(OCc6ccccc6)cc5nc3Cl)c12)CCO4. The molecule has 0 saturated heterocycles. The fourth-order valence-corrected chi connectivity index (χ4v) is 11.8. The van der Waals surface area contributed by atoms with Crippen LogP contribution in [0, 0.1) is 11.6 Å². The summed E-state index contributed by atoms with van der Waals surface area (Å²) in [7, 11) is 0. The van der Waals surface area contributed by atoms with E-state index in [4.69, 9.17) is 62.6 Å². The molecule has 0 aliphatic carbocycles. The number of fused-ring (bicyclic) bond motifs is 16. The van der Waals surface area contributed by atoms with Gasteiger partial charge in [-0.15, -0.1) is 11.6 Å². The van der Waals surface area contributed by atoms with Gasteiger partial charge in [-0.2, -0.15) is 0 Å². The molecule has 2 aliphatic rings. The molecule has 0 bridgehead atoms. The Hall–Kier alpha value is -9.61. The number of halogens is 5. The van der Waals surface area contributed by atoms with E-state index in [1.165, 1.54) is 12.1 Å². The van der Waals surface area contributed by atoms with E-state index < -0.39 is 11.3 Å². The van der Waals surface area contributed by atoms with Crippen LogP contribution in [0.4, 0.5) is 8.78 Å². The lowest BCUT2D eigenvalue weighted by atomic mass is 10.1. The third-order valence-corrected chi connectivity index (χ3v) is 16.0. The molecule has 0 unspecified atom stereocenters. The highest BCUT2D eigenvalue weighted by Crippen LogP contribution is 2.45. The Kier molecular flexibility index (Phi) is 13.9. The molecule has 0 saturated carbocycles. The Morgan fingerprint density at radius 3 is 1.72 bits per heavy atom. The summed E-state index contributed by atoms with van der Waals surface area (Å²) in [5.41, 5.74) is 7.21. The molecule has 420 valence electrons. The van der Waals surface area contributed by atoms with Crippen LogP contribution in [0.1, 0.15) is 33.4 Å². The molecule has 0 radical (unpaired) electrons. The molecule has 0 fully saturated rings. The van der Waals surface area contributed by atoms with Crippen molar-refractivity contribution in [2.45, 2.75) is 38.5 Å². The minimum atomic E-state index is -0.579. The van der Waals surface area contributed by atoms with Gasteiger partial charge >= 0.3 is 11.3 Å². The summed E-state index contributed by atoms with van der Waals surface area (Å²) in [6.07, 6.45) is 4.11. The van der Waals surface area contributed by atoms with E-state index in [1.807, 2.05) is 121 Å². The molecule has 19 heteroatoms. The fraction of sp³-hybridized carbons (Fsp3) is 0.121. The van der Waals surface area contributed by atoms with Gasteiger partial charge in [0.2, 0.25) is 11.4 Å². The summed E-state index contributed by atoms with van der Waals surface area (Å²) in [6, 6.07) is 45.3. The minimum absolute atomic E-state index is 0.156. The molecular formula is C66H43Cl3F2N6O8. The second-order valence-corrected chi connectivity index (χ2v) is 21.3. The number of rotatable bonds is 9. The van der Waals surface area contributed by atoms with Crippen molar-refractivity contribution in [3.8, 4) is 23.0 Å². The smallest absolute Gasteiger partial charge is 0.362 e. The number of H-pyrrole nitrogens is 1. The number of nitrogens with one attached hydrogen (secondary N) is 1. The molecular weight excluding hydrogens is 1150 g/mol. The lowest BCUT2D eigenvalue weighted by Crippen LogP contribution is -2.09. The number of alkyl halides is 1. The molecule has 0 amide bonds. The van der Waals surface area contributed by atoms with Gasteiger partial charge in [0.25, 0.3) is 0 Å². The highest BCUT2D eigenvalue weighted by atomic mass is 35.5. The molecule has 14 nitrogen and oxygen atoms in total. The van der Waals surface area contributed by atoms with Crippen LogP contribution in [0.25, 0.3) is 87.6 Å². The van der Waals surface area contributed by atoms with Crippen LogP contribution in [0.2, 0.25) is 10.3 Å². The zero-order chi connectivity index (χ0) is 57.9. The second-order valence-electron chi connectivity index (χ2n) is 20.3. The van der Waals surface area contributed by atoms with Crippen LogP contribution in [-0.4, -0.2) is 42.7 Å². The molecule has 0 spiro atoms. The summed E-state index contributed by atoms with van der Waals surface area (Å²) in [4.78, 5) is 45.9. The fourth-order valence-electron chi connectivity index (χ4n) is 11.1. The van der Waals surface area contributed by atoms with Crippen molar-refractivity contribution in [1.82, 2.24) is 29.5 Å². The molecule has 2 aliphatic heterocycles. The summed E-state index contributed by atoms with van der Waals surface area (Å²) < 4.78 is 65.4. The number of hydrogen-bond acceptors (Lipinski definition) is 12. The van der Waals surface area contributed by atoms with Gasteiger partial charge in [-0.05, 0) is 83.9 Å². The number of aromatic nitrogens is 6. The van der Waals surface area contributed by atoms with Crippen molar-refractivity contribution in [1.29, 1.82) is 0 Å². The van der Waals surface area contributed by atoms with Crippen LogP contribution < -0.4 is 30.2 Å².